The molecule has 0 aromatic heterocycles. The molecule has 1 rings (SSSR count). The van der Waals surface area contributed by atoms with E-state index in [1.807, 2.05) is 0 Å². The van der Waals surface area contributed by atoms with E-state index in [4.69, 9.17) is 0 Å². The van der Waals surface area contributed by atoms with Crippen LogP contribution in [0.2, 0.25) is 0 Å². The summed E-state index contributed by atoms with van der Waals surface area (Å²) in [5, 5.41) is 5.68. The molecular formula is C13H17Cl3F12N4Ti. The number of rotatable bonds is 0. The number of hydrogen-bond donors (Lipinski definition) is 2. The summed E-state index contributed by atoms with van der Waals surface area (Å²) in [4.78, 5) is 0.0692. The van der Waals surface area contributed by atoms with Crippen LogP contribution < -0.4 is 47.9 Å². The third kappa shape index (κ3) is 13.5. The van der Waals surface area contributed by atoms with Gasteiger partial charge in [0.1, 0.15) is 12.1 Å². The Morgan fingerprint density at radius 1 is 0.667 bits per heavy atom. The summed E-state index contributed by atoms with van der Waals surface area (Å²) < 4.78 is 156. The van der Waals surface area contributed by atoms with Gasteiger partial charge in [-0.2, -0.15) is 52.7 Å². The fourth-order valence-corrected chi connectivity index (χ4v) is 2.52. The fraction of sp³-hybridized carbons (Fsp3) is 1.00. The molecule has 1 aliphatic heterocycles. The summed E-state index contributed by atoms with van der Waals surface area (Å²) in [7, 11) is 0.571. The summed E-state index contributed by atoms with van der Waals surface area (Å²) in [5.41, 5.74) is 0. The molecule has 0 aliphatic carbocycles. The van der Waals surface area contributed by atoms with Crippen molar-refractivity contribution in [1.82, 2.24) is 15.5 Å². The molecule has 4 nitrogen and oxygen atoms in total. The molecule has 4 unspecified atom stereocenters. The molecule has 0 aromatic rings. The van der Waals surface area contributed by atoms with Gasteiger partial charge in [0, 0.05) is 13.1 Å². The molecule has 198 valence electrons. The van der Waals surface area contributed by atoms with Crippen molar-refractivity contribution < 1.29 is 112 Å². The molecule has 0 saturated carbocycles. The van der Waals surface area contributed by atoms with Crippen molar-refractivity contribution in [3.8, 4) is 0 Å². The van der Waals surface area contributed by atoms with Crippen LogP contribution >= 0.6 is 0 Å². The SMILES string of the molecule is CN1CC(C(F)(F)F)NCC(C(F)(F)F)NCC(C(F)(F)F)[N-]CC1C(F)(F)F.[Cl-].[Cl-].[Cl-].[Ti+4]. The van der Waals surface area contributed by atoms with E-state index in [0.717, 1.165) is 0 Å². The third-order valence-electron chi connectivity index (χ3n) is 4.17. The maximum atomic E-state index is 13.1. The Balaban J connectivity index is -0.00000105. The summed E-state index contributed by atoms with van der Waals surface area (Å²) in [5.74, 6) is 0. The molecule has 1 saturated heterocycles. The quantitative estimate of drug-likeness (QED) is 0.212. The molecule has 33 heavy (non-hydrogen) atoms. The summed E-state index contributed by atoms with van der Waals surface area (Å²) in [6, 6.07) is -11.3. The second-order valence-electron chi connectivity index (χ2n) is 6.42. The topological polar surface area (TPSA) is 41.4 Å². The van der Waals surface area contributed by atoms with Gasteiger partial charge in [-0.3, -0.25) is 4.90 Å². The Hall–Kier alpha value is 0.584. The van der Waals surface area contributed by atoms with Crippen molar-refractivity contribution in [1.29, 1.82) is 0 Å². The average Bonchev–Trinajstić information content (AvgIpc) is 2.45. The first-order valence-electron chi connectivity index (χ1n) is 7.94. The molecule has 1 heterocycles. The predicted octanol–water partition coefficient (Wildman–Crippen LogP) is -5.78. The molecule has 0 aromatic carbocycles. The van der Waals surface area contributed by atoms with Crippen LogP contribution in [0.5, 0.6) is 0 Å². The predicted molar refractivity (Wildman–Crippen MR) is 76.2 cm³/mol. The van der Waals surface area contributed by atoms with Crippen LogP contribution in [0.3, 0.4) is 0 Å². The molecule has 0 spiro atoms. The van der Waals surface area contributed by atoms with Crippen LogP contribution in [0.15, 0.2) is 0 Å². The first kappa shape index (κ1) is 40.7. The van der Waals surface area contributed by atoms with E-state index in [1.165, 1.54) is 10.6 Å². The normalized spacial score (nSPS) is 26.8. The summed E-state index contributed by atoms with van der Waals surface area (Å²) in [6.45, 7) is -6.12. The standard InChI is InChI=1S/C13H17F12N4.3ClH.Ti/c1-29-5-8(12(20,21)22)27-3-6(10(14,15)16)26-2-7(11(17,18)19)28-4-9(29)13(23,24)25;;;;/h6-9,26-27H,2-5H2,1H3;3*1H;/q-1;;;;+4/p-3. The van der Waals surface area contributed by atoms with Gasteiger partial charge in [-0.1, -0.05) is 0 Å². The molecule has 0 bridgehead atoms. The van der Waals surface area contributed by atoms with Crippen molar-refractivity contribution in [2.24, 2.45) is 0 Å². The fourth-order valence-electron chi connectivity index (χ4n) is 2.52. The zero-order chi connectivity index (χ0) is 22.8. The van der Waals surface area contributed by atoms with Crippen LogP contribution in [-0.2, 0) is 21.7 Å². The van der Waals surface area contributed by atoms with Crippen molar-refractivity contribution in [2.45, 2.75) is 48.9 Å². The molecule has 0 amide bonds. The van der Waals surface area contributed by atoms with Gasteiger partial charge in [0.2, 0.25) is 0 Å². The summed E-state index contributed by atoms with van der Waals surface area (Å²) >= 11 is 0. The first-order chi connectivity index (χ1) is 12.8. The van der Waals surface area contributed by atoms with Gasteiger partial charge in [-0.15, -0.1) is 6.54 Å². The van der Waals surface area contributed by atoms with Crippen LogP contribution in [0, 0.1) is 0 Å². The van der Waals surface area contributed by atoms with E-state index in [2.05, 4.69) is 5.32 Å². The van der Waals surface area contributed by atoms with E-state index in [1.54, 1.807) is 0 Å². The van der Waals surface area contributed by atoms with Gasteiger partial charge in [0.25, 0.3) is 0 Å². The van der Waals surface area contributed by atoms with Crippen molar-refractivity contribution in [3.63, 3.8) is 0 Å². The number of nitrogens with one attached hydrogen (secondary N) is 2. The van der Waals surface area contributed by atoms with E-state index in [-0.39, 0.29) is 63.8 Å². The number of alkyl halides is 12. The number of nitrogens with zero attached hydrogens (tertiary/aromatic N) is 2. The minimum atomic E-state index is -5.26. The zero-order valence-corrected chi connectivity index (χ0v) is 20.0. The average molecular weight is 612 g/mol. The minimum Gasteiger partial charge on any atom is -1.00 e. The molecule has 1 aliphatic rings. The van der Waals surface area contributed by atoms with Gasteiger partial charge in [-0.05, 0) is 19.6 Å². The Bertz CT molecular complexity index is 533. The molecule has 0 radical (unpaired) electrons. The van der Waals surface area contributed by atoms with Gasteiger partial charge in [0.05, 0.1) is 6.04 Å². The van der Waals surface area contributed by atoms with Gasteiger partial charge < -0.3 is 53.2 Å². The number of hydrogen-bond acceptors (Lipinski definition) is 3. The van der Waals surface area contributed by atoms with Gasteiger partial charge in [-0.25, -0.2) is 0 Å². The van der Waals surface area contributed by atoms with Crippen LogP contribution in [0.25, 0.3) is 5.32 Å². The maximum absolute atomic E-state index is 13.1. The second-order valence-corrected chi connectivity index (χ2v) is 6.42. The number of likely N-dealkylation sites (N-methyl/N-ethyl adjacent to an activating group) is 1. The molecule has 2 N–H and O–H groups in total. The van der Waals surface area contributed by atoms with E-state index >= 15 is 0 Å². The number of halogens is 15. The smallest absolute Gasteiger partial charge is 1.00 e. The van der Waals surface area contributed by atoms with Gasteiger partial charge in [0.15, 0.2) is 0 Å². The van der Waals surface area contributed by atoms with Gasteiger partial charge >= 0.3 is 46.4 Å². The van der Waals surface area contributed by atoms with E-state index in [9.17, 15) is 52.7 Å². The zero-order valence-electron chi connectivity index (χ0n) is 16.2. The molecule has 20 heteroatoms. The Labute approximate surface area is 214 Å². The minimum absolute atomic E-state index is 0. The summed E-state index contributed by atoms with van der Waals surface area (Å²) in [6.07, 6.45) is -20.9. The maximum Gasteiger partial charge on any atom is 4.00 e. The molecular weight excluding hydrogens is 594 g/mol. The Morgan fingerprint density at radius 2 is 1.09 bits per heavy atom. The Morgan fingerprint density at radius 3 is 1.45 bits per heavy atom. The second kappa shape index (κ2) is 15.0. The van der Waals surface area contributed by atoms with Crippen molar-refractivity contribution in [3.05, 3.63) is 5.32 Å². The Kier molecular flexibility index (Phi) is 18.5. The monoisotopic (exact) mass is 610 g/mol. The van der Waals surface area contributed by atoms with E-state index < -0.39 is 75.1 Å². The molecule has 1 fully saturated rings. The van der Waals surface area contributed by atoms with Crippen molar-refractivity contribution >= 4 is 0 Å². The largest absolute Gasteiger partial charge is 4.00 e. The van der Waals surface area contributed by atoms with E-state index in [0.29, 0.717) is 7.05 Å². The van der Waals surface area contributed by atoms with Crippen LogP contribution in [0.4, 0.5) is 52.7 Å². The van der Waals surface area contributed by atoms with Crippen LogP contribution in [-0.4, -0.2) is 87.0 Å². The van der Waals surface area contributed by atoms with Crippen molar-refractivity contribution in [2.75, 3.05) is 33.2 Å². The third-order valence-corrected chi connectivity index (χ3v) is 4.17. The van der Waals surface area contributed by atoms with Crippen LogP contribution in [0.1, 0.15) is 0 Å². The first-order valence-corrected chi connectivity index (χ1v) is 7.94. The molecule has 4 atom stereocenters.